The average Bonchev–Trinajstić information content (AvgIpc) is 2.77. The molecule has 1 aliphatic heterocycles. The molecule has 1 aromatic heterocycles. The van der Waals surface area contributed by atoms with E-state index in [4.69, 9.17) is 9.47 Å². The summed E-state index contributed by atoms with van der Waals surface area (Å²) in [5.41, 5.74) is 0.556. The first-order chi connectivity index (χ1) is 8.04. The molecular formula is C12H15NO3S. The highest BCUT2D eigenvalue weighted by atomic mass is 32.1. The van der Waals surface area contributed by atoms with Gasteiger partial charge in [-0.05, 0) is 19.8 Å². The first-order valence-corrected chi connectivity index (χ1v) is 6.70. The zero-order valence-electron chi connectivity index (χ0n) is 9.99. The number of ether oxygens (including phenoxy) is 2. The number of thiazole rings is 1. The Bertz CT molecular complexity index is 458. The third-order valence-electron chi connectivity index (χ3n) is 3.55. The third-order valence-corrected chi connectivity index (χ3v) is 4.39. The van der Waals surface area contributed by atoms with Gasteiger partial charge in [0.2, 0.25) is 5.79 Å². The van der Waals surface area contributed by atoms with Gasteiger partial charge in [0, 0.05) is 10.8 Å². The fourth-order valence-electron chi connectivity index (χ4n) is 1.92. The summed E-state index contributed by atoms with van der Waals surface area (Å²) in [5.74, 6) is -0.602. The molecule has 2 heterocycles. The van der Waals surface area contributed by atoms with E-state index in [0.717, 1.165) is 12.8 Å². The molecule has 0 bridgehead atoms. The second-order valence-corrected chi connectivity index (χ2v) is 5.93. The number of carbonyl (C=O) groups excluding carboxylic acids is 1. The van der Waals surface area contributed by atoms with Gasteiger partial charge in [0.05, 0.1) is 13.2 Å². The molecule has 0 aromatic carbocycles. The fourth-order valence-corrected chi connectivity index (χ4v) is 2.92. The van der Waals surface area contributed by atoms with Crippen LogP contribution in [0.2, 0.25) is 0 Å². The summed E-state index contributed by atoms with van der Waals surface area (Å²) in [5, 5.41) is 2.45. The second-order valence-electron chi connectivity index (χ2n) is 5.07. The zero-order valence-corrected chi connectivity index (χ0v) is 10.8. The Morgan fingerprint density at radius 1 is 1.35 bits per heavy atom. The van der Waals surface area contributed by atoms with Crippen molar-refractivity contribution < 1.29 is 14.3 Å². The van der Waals surface area contributed by atoms with Crippen LogP contribution in [0.15, 0.2) is 5.38 Å². The minimum absolute atomic E-state index is 0.159. The summed E-state index contributed by atoms with van der Waals surface area (Å²) in [4.78, 5) is 16.5. The van der Waals surface area contributed by atoms with Crippen LogP contribution in [0.1, 0.15) is 42.2 Å². The SMILES string of the molecule is CC1(C(=O)c2nc(C3(C)OCCO3)cs2)CC1. The molecule has 4 nitrogen and oxygen atoms in total. The van der Waals surface area contributed by atoms with Crippen LogP contribution in [0, 0.1) is 5.41 Å². The van der Waals surface area contributed by atoms with Gasteiger partial charge in [-0.3, -0.25) is 4.79 Å². The average molecular weight is 253 g/mol. The lowest BCUT2D eigenvalue weighted by molar-refractivity contribution is -0.152. The summed E-state index contributed by atoms with van der Waals surface area (Å²) in [6.45, 7) is 5.01. The molecule has 1 saturated heterocycles. The summed E-state index contributed by atoms with van der Waals surface area (Å²) in [6, 6.07) is 0. The number of ketones is 1. The standard InChI is InChI=1S/C12H15NO3S/c1-11(3-4-11)9(14)10-13-8(7-17-10)12(2)15-5-6-16-12/h7H,3-6H2,1-2H3. The number of hydrogen-bond donors (Lipinski definition) is 0. The topological polar surface area (TPSA) is 48.4 Å². The number of hydrogen-bond acceptors (Lipinski definition) is 5. The molecule has 0 radical (unpaired) electrons. The number of nitrogens with zero attached hydrogens (tertiary/aromatic N) is 1. The summed E-state index contributed by atoms with van der Waals surface area (Å²) >= 11 is 1.39. The molecule has 92 valence electrons. The predicted octanol–water partition coefficient (Wildman–Crippen LogP) is 2.35. The number of aromatic nitrogens is 1. The predicted molar refractivity (Wildman–Crippen MR) is 63.0 cm³/mol. The van der Waals surface area contributed by atoms with Crippen LogP contribution < -0.4 is 0 Å². The molecule has 2 fully saturated rings. The molecule has 0 unspecified atom stereocenters. The first-order valence-electron chi connectivity index (χ1n) is 5.82. The molecule has 1 saturated carbocycles. The lowest BCUT2D eigenvalue weighted by atomic mass is 10.1. The van der Waals surface area contributed by atoms with Crippen molar-refractivity contribution in [3.63, 3.8) is 0 Å². The molecule has 2 aliphatic rings. The maximum absolute atomic E-state index is 12.1. The molecule has 1 aliphatic carbocycles. The second kappa shape index (κ2) is 3.60. The number of rotatable bonds is 3. The van der Waals surface area contributed by atoms with E-state index in [1.165, 1.54) is 11.3 Å². The van der Waals surface area contributed by atoms with Gasteiger partial charge >= 0.3 is 0 Å². The van der Waals surface area contributed by atoms with Crippen LogP contribution in [-0.2, 0) is 15.3 Å². The Balaban J connectivity index is 1.85. The normalized spacial score (nSPS) is 24.8. The number of carbonyl (C=O) groups is 1. The van der Waals surface area contributed by atoms with E-state index in [9.17, 15) is 4.79 Å². The van der Waals surface area contributed by atoms with Gasteiger partial charge in [0.1, 0.15) is 5.69 Å². The maximum atomic E-state index is 12.1. The molecule has 0 N–H and O–H groups in total. The van der Waals surface area contributed by atoms with Crippen LogP contribution in [0.5, 0.6) is 0 Å². The molecule has 1 aromatic rings. The van der Waals surface area contributed by atoms with Crippen molar-refractivity contribution in [2.24, 2.45) is 5.41 Å². The van der Waals surface area contributed by atoms with E-state index >= 15 is 0 Å². The quantitative estimate of drug-likeness (QED) is 0.776. The minimum Gasteiger partial charge on any atom is -0.342 e. The smallest absolute Gasteiger partial charge is 0.210 e. The van der Waals surface area contributed by atoms with Gasteiger partial charge in [-0.2, -0.15) is 0 Å². The lowest BCUT2D eigenvalue weighted by Crippen LogP contribution is -2.23. The molecule has 5 heteroatoms. The van der Waals surface area contributed by atoms with Crippen molar-refractivity contribution >= 4 is 17.1 Å². The monoisotopic (exact) mass is 253 g/mol. The Morgan fingerprint density at radius 3 is 2.59 bits per heavy atom. The molecule has 3 rings (SSSR count). The number of Topliss-reactive ketones (excluding diaryl/α,β-unsaturated/α-hetero) is 1. The van der Waals surface area contributed by atoms with E-state index in [-0.39, 0.29) is 11.2 Å². The van der Waals surface area contributed by atoms with Crippen LogP contribution in [-0.4, -0.2) is 24.0 Å². The van der Waals surface area contributed by atoms with Gasteiger partial charge in [-0.15, -0.1) is 11.3 Å². The van der Waals surface area contributed by atoms with Crippen molar-refractivity contribution in [2.75, 3.05) is 13.2 Å². The fraction of sp³-hybridized carbons (Fsp3) is 0.667. The van der Waals surface area contributed by atoms with Crippen LogP contribution in [0.25, 0.3) is 0 Å². The summed E-state index contributed by atoms with van der Waals surface area (Å²) in [6.07, 6.45) is 1.95. The van der Waals surface area contributed by atoms with E-state index in [2.05, 4.69) is 4.98 Å². The van der Waals surface area contributed by atoms with Crippen molar-refractivity contribution in [3.05, 3.63) is 16.1 Å². The first kappa shape index (κ1) is 11.3. The molecule has 0 amide bonds. The Morgan fingerprint density at radius 2 is 2.00 bits per heavy atom. The maximum Gasteiger partial charge on any atom is 0.210 e. The largest absolute Gasteiger partial charge is 0.342 e. The highest BCUT2D eigenvalue weighted by Gasteiger charge is 2.47. The van der Waals surface area contributed by atoms with E-state index in [0.29, 0.717) is 23.9 Å². The van der Waals surface area contributed by atoms with Gasteiger partial charge in [-0.25, -0.2) is 4.98 Å². The van der Waals surface area contributed by atoms with Gasteiger partial charge in [0.15, 0.2) is 10.8 Å². The highest BCUT2D eigenvalue weighted by molar-refractivity contribution is 7.11. The third kappa shape index (κ3) is 1.82. The van der Waals surface area contributed by atoms with Gasteiger partial charge in [0.25, 0.3) is 0 Å². The van der Waals surface area contributed by atoms with Crippen molar-refractivity contribution in [1.29, 1.82) is 0 Å². The molecule has 0 spiro atoms. The Hall–Kier alpha value is -0.780. The molecule has 0 atom stereocenters. The summed E-state index contributed by atoms with van der Waals surface area (Å²) < 4.78 is 11.1. The van der Waals surface area contributed by atoms with Gasteiger partial charge in [-0.1, -0.05) is 6.92 Å². The molecular weight excluding hydrogens is 238 g/mol. The minimum atomic E-state index is -0.764. The van der Waals surface area contributed by atoms with Crippen molar-refractivity contribution in [3.8, 4) is 0 Å². The molecule has 17 heavy (non-hydrogen) atoms. The Labute approximate surface area is 104 Å². The van der Waals surface area contributed by atoms with Crippen LogP contribution in [0.4, 0.5) is 0 Å². The zero-order chi connectivity index (χ0) is 12.1. The highest BCUT2D eigenvalue weighted by Crippen LogP contribution is 2.48. The summed E-state index contributed by atoms with van der Waals surface area (Å²) in [7, 11) is 0. The van der Waals surface area contributed by atoms with Crippen LogP contribution >= 0.6 is 11.3 Å². The van der Waals surface area contributed by atoms with E-state index in [1.54, 1.807) is 0 Å². The lowest BCUT2D eigenvalue weighted by Gasteiger charge is -2.19. The Kier molecular flexibility index (Phi) is 2.40. The van der Waals surface area contributed by atoms with Gasteiger partial charge < -0.3 is 9.47 Å². The van der Waals surface area contributed by atoms with Crippen molar-refractivity contribution in [2.45, 2.75) is 32.5 Å². The van der Waals surface area contributed by atoms with E-state index in [1.807, 2.05) is 19.2 Å². The van der Waals surface area contributed by atoms with Crippen LogP contribution in [0.3, 0.4) is 0 Å². The van der Waals surface area contributed by atoms with E-state index < -0.39 is 5.79 Å². The van der Waals surface area contributed by atoms with Crippen molar-refractivity contribution in [1.82, 2.24) is 4.98 Å².